The number of aromatic nitrogens is 4. The lowest BCUT2D eigenvalue weighted by atomic mass is 9.77. The highest BCUT2D eigenvalue weighted by Crippen LogP contribution is 2.32. The van der Waals surface area contributed by atoms with E-state index in [9.17, 15) is 0 Å². The molecule has 0 saturated carbocycles. The maximum absolute atomic E-state index is 9.01. The summed E-state index contributed by atoms with van der Waals surface area (Å²) in [6, 6.07) is 3.64. The molecule has 154 valence electrons. The highest BCUT2D eigenvalue weighted by molar-refractivity contribution is 5.30. The molecule has 7 heteroatoms. The Kier molecular flexibility index (Phi) is 6.97. The van der Waals surface area contributed by atoms with Gasteiger partial charge in [0.05, 0.1) is 6.61 Å². The van der Waals surface area contributed by atoms with Crippen molar-refractivity contribution in [2.24, 2.45) is 17.8 Å². The maximum atomic E-state index is 9.01. The molecule has 0 spiro atoms. The predicted molar refractivity (Wildman–Crippen MR) is 112 cm³/mol. The van der Waals surface area contributed by atoms with E-state index >= 15 is 0 Å². The molecule has 0 aliphatic carbocycles. The molecule has 2 aromatic heterocycles. The van der Waals surface area contributed by atoms with Gasteiger partial charge < -0.3 is 9.64 Å². The smallest absolute Gasteiger partial charge is 0.225 e. The number of ether oxygens (including phenoxy) is 1. The summed E-state index contributed by atoms with van der Waals surface area (Å²) in [6.45, 7) is 11.1. The van der Waals surface area contributed by atoms with E-state index in [4.69, 9.17) is 10.00 Å². The van der Waals surface area contributed by atoms with Crippen molar-refractivity contribution in [1.82, 2.24) is 19.9 Å². The zero-order valence-corrected chi connectivity index (χ0v) is 17.8. The van der Waals surface area contributed by atoms with Crippen molar-refractivity contribution >= 4 is 5.95 Å². The summed E-state index contributed by atoms with van der Waals surface area (Å²) >= 11 is 0. The average molecular weight is 395 g/mol. The molecule has 1 fully saturated rings. The monoisotopic (exact) mass is 394 g/mol. The molecule has 0 amide bonds. The van der Waals surface area contributed by atoms with Gasteiger partial charge in [0.1, 0.15) is 17.6 Å². The van der Waals surface area contributed by atoms with Gasteiger partial charge in [-0.3, -0.25) is 0 Å². The second kappa shape index (κ2) is 9.64. The van der Waals surface area contributed by atoms with Gasteiger partial charge in [-0.25, -0.2) is 15.0 Å². The van der Waals surface area contributed by atoms with Crippen molar-refractivity contribution in [3.63, 3.8) is 0 Å². The van der Waals surface area contributed by atoms with Crippen LogP contribution in [0.5, 0.6) is 5.88 Å². The summed E-state index contributed by atoms with van der Waals surface area (Å²) in [4.78, 5) is 19.5. The molecule has 0 radical (unpaired) electrons. The van der Waals surface area contributed by atoms with Crippen LogP contribution in [0.1, 0.15) is 50.2 Å². The van der Waals surface area contributed by atoms with Crippen LogP contribution in [0, 0.1) is 42.9 Å². The number of hydrogen-bond acceptors (Lipinski definition) is 7. The number of nitriles is 1. The highest BCUT2D eigenvalue weighted by Gasteiger charge is 2.28. The lowest BCUT2D eigenvalue weighted by molar-refractivity contribution is 0.184. The number of hydrogen-bond donors (Lipinski definition) is 0. The van der Waals surface area contributed by atoms with Crippen LogP contribution in [0.4, 0.5) is 5.95 Å². The Hall–Kier alpha value is -2.75. The van der Waals surface area contributed by atoms with Crippen molar-refractivity contribution in [1.29, 1.82) is 5.26 Å². The average Bonchev–Trinajstić information content (AvgIpc) is 2.73. The molecule has 0 bridgehead atoms. The minimum absolute atomic E-state index is 0.346. The Balaban J connectivity index is 1.45. The minimum Gasteiger partial charge on any atom is -0.478 e. The summed E-state index contributed by atoms with van der Waals surface area (Å²) in [5.41, 5.74) is 1.44. The van der Waals surface area contributed by atoms with E-state index in [0.29, 0.717) is 41.8 Å². The standard InChI is InChI=1S/C22H30N6O/c1-15-13-24-22(25-14-15)28-8-5-19(6-9-28)17(3)16(2)7-10-29-21-11-20(12-23)26-18(4)27-21/h11,13-14,16-17,19H,5-10H2,1-4H3. The summed E-state index contributed by atoms with van der Waals surface area (Å²) in [5, 5.41) is 9.01. The molecular formula is C22H30N6O. The van der Waals surface area contributed by atoms with Crippen LogP contribution >= 0.6 is 0 Å². The van der Waals surface area contributed by atoms with E-state index in [2.05, 4.69) is 38.7 Å². The number of anilines is 1. The fourth-order valence-corrected chi connectivity index (χ4v) is 3.92. The third-order valence-corrected chi connectivity index (χ3v) is 5.98. The molecule has 1 saturated heterocycles. The van der Waals surface area contributed by atoms with Gasteiger partial charge in [0.15, 0.2) is 0 Å². The highest BCUT2D eigenvalue weighted by atomic mass is 16.5. The molecule has 0 N–H and O–H groups in total. The number of nitrogens with zero attached hydrogens (tertiary/aromatic N) is 6. The third-order valence-electron chi connectivity index (χ3n) is 5.98. The second-order valence-electron chi connectivity index (χ2n) is 8.11. The Morgan fingerprint density at radius 2 is 1.86 bits per heavy atom. The molecule has 1 aliphatic rings. The maximum Gasteiger partial charge on any atom is 0.225 e. The molecule has 2 aromatic rings. The van der Waals surface area contributed by atoms with E-state index in [1.807, 2.05) is 25.4 Å². The van der Waals surface area contributed by atoms with Crippen molar-refractivity contribution in [2.45, 2.75) is 47.0 Å². The lowest BCUT2D eigenvalue weighted by Crippen LogP contribution is -2.38. The van der Waals surface area contributed by atoms with Gasteiger partial charge >= 0.3 is 0 Å². The van der Waals surface area contributed by atoms with Crippen LogP contribution in [-0.4, -0.2) is 39.6 Å². The summed E-state index contributed by atoms with van der Waals surface area (Å²) in [7, 11) is 0. The fraction of sp³-hybridized carbons (Fsp3) is 0.591. The van der Waals surface area contributed by atoms with Gasteiger partial charge in [0.2, 0.25) is 11.8 Å². The van der Waals surface area contributed by atoms with Gasteiger partial charge in [-0.1, -0.05) is 13.8 Å². The van der Waals surface area contributed by atoms with Crippen LogP contribution < -0.4 is 9.64 Å². The molecule has 29 heavy (non-hydrogen) atoms. The largest absolute Gasteiger partial charge is 0.478 e. The van der Waals surface area contributed by atoms with Gasteiger partial charge in [-0.2, -0.15) is 10.2 Å². The quantitative estimate of drug-likeness (QED) is 0.707. The fourth-order valence-electron chi connectivity index (χ4n) is 3.92. The summed E-state index contributed by atoms with van der Waals surface area (Å²) in [5.74, 6) is 3.78. The van der Waals surface area contributed by atoms with Crippen LogP contribution in [-0.2, 0) is 0 Å². The van der Waals surface area contributed by atoms with Gasteiger partial charge in [-0.05, 0) is 56.4 Å². The van der Waals surface area contributed by atoms with Crippen LogP contribution in [0.25, 0.3) is 0 Å². The number of piperidine rings is 1. The van der Waals surface area contributed by atoms with Crippen molar-refractivity contribution in [2.75, 3.05) is 24.6 Å². The first kappa shape index (κ1) is 21.0. The topological polar surface area (TPSA) is 87.8 Å². The zero-order chi connectivity index (χ0) is 20.8. The Bertz CT molecular complexity index is 839. The molecule has 2 unspecified atom stereocenters. The first-order chi connectivity index (χ1) is 14.0. The Labute approximate surface area is 173 Å². The lowest BCUT2D eigenvalue weighted by Gasteiger charge is -2.37. The van der Waals surface area contributed by atoms with E-state index in [0.717, 1.165) is 31.0 Å². The predicted octanol–water partition coefficient (Wildman–Crippen LogP) is 3.71. The molecule has 3 rings (SSSR count). The van der Waals surface area contributed by atoms with Gasteiger partial charge in [0.25, 0.3) is 0 Å². The van der Waals surface area contributed by atoms with E-state index < -0.39 is 0 Å². The third kappa shape index (κ3) is 5.63. The first-order valence-corrected chi connectivity index (χ1v) is 10.4. The first-order valence-electron chi connectivity index (χ1n) is 10.4. The zero-order valence-electron chi connectivity index (χ0n) is 17.8. The Morgan fingerprint density at radius 1 is 1.17 bits per heavy atom. The Morgan fingerprint density at radius 3 is 2.52 bits per heavy atom. The van der Waals surface area contributed by atoms with E-state index in [1.54, 1.807) is 13.0 Å². The number of aryl methyl sites for hydroxylation is 2. The van der Waals surface area contributed by atoms with E-state index in [-0.39, 0.29) is 0 Å². The van der Waals surface area contributed by atoms with Crippen molar-refractivity contribution in [3.8, 4) is 11.9 Å². The van der Waals surface area contributed by atoms with Crippen LogP contribution in [0.3, 0.4) is 0 Å². The molecule has 7 nitrogen and oxygen atoms in total. The molecule has 0 aromatic carbocycles. The van der Waals surface area contributed by atoms with Crippen LogP contribution in [0.15, 0.2) is 18.5 Å². The van der Waals surface area contributed by atoms with E-state index in [1.165, 1.54) is 12.8 Å². The van der Waals surface area contributed by atoms with Crippen molar-refractivity contribution < 1.29 is 4.74 Å². The second-order valence-corrected chi connectivity index (χ2v) is 8.11. The van der Waals surface area contributed by atoms with Crippen LogP contribution in [0.2, 0.25) is 0 Å². The van der Waals surface area contributed by atoms with Gasteiger partial charge in [0, 0.05) is 31.5 Å². The molecular weight excluding hydrogens is 364 g/mol. The number of rotatable bonds is 7. The summed E-state index contributed by atoms with van der Waals surface area (Å²) in [6.07, 6.45) is 7.07. The molecule has 3 heterocycles. The van der Waals surface area contributed by atoms with Crippen molar-refractivity contribution in [3.05, 3.63) is 35.5 Å². The molecule has 2 atom stereocenters. The summed E-state index contributed by atoms with van der Waals surface area (Å²) < 4.78 is 5.80. The van der Waals surface area contributed by atoms with Gasteiger partial charge in [-0.15, -0.1) is 0 Å². The minimum atomic E-state index is 0.346. The normalized spacial score (nSPS) is 16.9. The molecule has 1 aliphatic heterocycles. The SMILES string of the molecule is Cc1cnc(N2CCC(C(C)C(C)CCOc3cc(C#N)nc(C)n3)CC2)nc1.